The van der Waals surface area contributed by atoms with Crippen LogP contribution >= 0.6 is 0 Å². The standard InChI is InChI=1S/C27H27NO5/c1-4-23(5-2)32-26(29)21-10-16-25(17-11-21)33-27(30)20-8-12-22(13-9-20)28-18-19-6-14-24(31-3)15-7-19/h6-18,23H,4-5H2,1-3H3. The molecule has 0 bridgehead atoms. The molecule has 0 radical (unpaired) electrons. The molecule has 6 nitrogen and oxygen atoms in total. The van der Waals surface area contributed by atoms with Crippen molar-refractivity contribution in [2.45, 2.75) is 32.8 Å². The predicted octanol–water partition coefficient (Wildman–Crippen LogP) is 6.01. The van der Waals surface area contributed by atoms with Gasteiger partial charge in [0.05, 0.1) is 23.9 Å². The van der Waals surface area contributed by atoms with Crippen molar-refractivity contribution < 1.29 is 23.8 Å². The van der Waals surface area contributed by atoms with E-state index in [1.807, 2.05) is 38.1 Å². The highest BCUT2D eigenvalue weighted by molar-refractivity contribution is 5.92. The van der Waals surface area contributed by atoms with Gasteiger partial charge < -0.3 is 14.2 Å². The quantitative estimate of drug-likeness (QED) is 0.229. The summed E-state index contributed by atoms with van der Waals surface area (Å²) in [5.74, 6) is 0.257. The zero-order valence-electron chi connectivity index (χ0n) is 19.0. The number of hydrogen-bond acceptors (Lipinski definition) is 6. The first-order chi connectivity index (χ1) is 16.0. The molecule has 3 aromatic rings. The van der Waals surface area contributed by atoms with Crippen molar-refractivity contribution in [1.29, 1.82) is 0 Å². The molecule has 0 atom stereocenters. The molecule has 0 fully saturated rings. The molecule has 3 aromatic carbocycles. The van der Waals surface area contributed by atoms with Gasteiger partial charge in [-0.3, -0.25) is 4.99 Å². The Morgan fingerprint density at radius 2 is 1.33 bits per heavy atom. The molecule has 0 saturated heterocycles. The van der Waals surface area contributed by atoms with E-state index in [4.69, 9.17) is 14.2 Å². The third kappa shape index (κ3) is 6.77. The average molecular weight is 446 g/mol. The summed E-state index contributed by atoms with van der Waals surface area (Å²) in [6.45, 7) is 3.95. The molecule has 0 N–H and O–H groups in total. The SMILES string of the molecule is CCC(CC)OC(=O)c1ccc(OC(=O)c2ccc(N=Cc3ccc(OC)cc3)cc2)cc1. The van der Waals surface area contributed by atoms with Crippen molar-refractivity contribution in [3.8, 4) is 11.5 Å². The van der Waals surface area contributed by atoms with E-state index in [2.05, 4.69) is 4.99 Å². The van der Waals surface area contributed by atoms with Crippen LogP contribution in [-0.2, 0) is 4.74 Å². The van der Waals surface area contributed by atoms with Crippen molar-refractivity contribution in [3.63, 3.8) is 0 Å². The maximum atomic E-state index is 12.4. The fourth-order valence-electron chi connectivity index (χ4n) is 3.02. The number of nitrogens with zero attached hydrogens (tertiary/aromatic N) is 1. The average Bonchev–Trinajstić information content (AvgIpc) is 2.86. The van der Waals surface area contributed by atoms with Crippen LogP contribution in [0.1, 0.15) is 53.0 Å². The van der Waals surface area contributed by atoms with Crippen LogP contribution in [0.3, 0.4) is 0 Å². The second-order valence-corrected chi connectivity index (χ2v) is 7.34. The molecule has 0 heterocycles. The molecule has 0 aromatic heterocycles. The van der Waals surface area contributed by atoms with Gasteiger partial charge in [0.25, 0.3) is 0 Å². The van der Waals surface area contributed by atoms with E-state index < -0.39 is 5.97 Å². The van der Waals surface area contributed by atoms with Crippen molar-refractivity contribution in [2.24, 2.45) is 4.99 Å². The lowest BCUT2D eigenvalue weighted by atomic mass is 10.2. The van der Waals surface area contributed by atoms with E-state index in [9.17, 15) is 9.59 Å². The first-order valence-corrected chi connectivity index (χ1v) is 10.8. The third-order valence-corrected chi connectivity index (χ3v) is 5.07. The van der Waals surface area contributed by atoms with Crippen LogP contribution in [0.5, 0.6) is 11.5 Å². The zero-order valence-corrected chi connectivity index (χ0v) is 19.0. The van der Waals surface area contributed by atoms with E-state index in [1.165, 1.54) is 0 Å². The number of carbonyl (C=O) groups is 2. The van der Waals surface area contributed by atoms with Gasteiger partial charge in [-0.15, -0.1) is 0 Å². The van der Waals surface area contributed by atoms with E-state index in [0.717, 1.165) is 24.2 Å². The number of esters is 2. The van der Waals surface area contributed by atoms with Crippen molar-refractivity contribution in [2.75, 3.05) is 7.11 Å². The fraction of sp³-hybridized carbons (Fsp3) is 0.222. The van der Waals surface area contributed by atoms with E-state index in [-0.39, 0.29) is 12.1 Å². The Morgan fingerprint density at radius 1 is 0.788 bits per heavy atom. The van der Waals surface area contributed by atoms with Crippen molar-refractivity contribution in [3.05, 3.63) is 89.5 Å². The summed E-state index contributed by atoms with van der Waals surface area (Å²) in [5.41, 5.74) is 2.46. The van der Waals surface area contributed by atoms with Crippen LogP contribution in [0.2, 0.25) is 0 Å². The summed E-state index contributed by atoms with van der Waals surface area (Å²) in [6.07, 6.45) is 3.17. The van der Waals surface area contributed by atoms with Gasteiger partial charge >= 0.3 is 11.9 Å². The molecule has 0 amide bonds. The molecule has 6 heteroatoms. The lowest BCUT2D eigenvalue weighted by molar-refractivity contribution is 0.0284. The minimum atomic E-state index is -0.493. The lowest BCUT2D eigenvalue weighted by Crippen LogP contribution is -2.16. The van der Waals surface area contributed by atoms with Gasteiger partial charge in [-0.2, -0.15) is 0 Å². The second kappa shape index (κ2) is 11.6. The third-order valence-electron chi connectivity index (χ3n) is 5.07. The summed E-state index contributed by atoms with van der Waals surface area (Å²) in [5, 5.41) is 0. The zero-order chi connectivity index (χ0) is 23.6. The maximum absolute atomic E-state index is 12.4. The number of aliphatic imine (C=N–C) groups is 1. The minimum absolute atomic E-state index is 0.0986. The molecule has 0 aliphatic carbocycles. The Bertz CT molecular complexity index is 1080. The van der Waals surface area contributed by atoms with Gasteiger partial charge in [-0.25, -0.2) is 9.59 Å². The molecular formula is C27H27NO5. The number of rotatable bonds is 9. The van der Waals surface area contributed by atoms with Crippen molar-refractivity contribution in [1.82, 2.24) is 0 Å². The van der Waals surface area contributed by atoms with Crippen LogP contribution in [-0.4, -0.2) is 31.4 Å². The topological polar surface area (TPSA) is 74.2 Å². The minimum Gasteiger partial charge on any atom is -0.497 e. The molecule has 33 heavy (non-hydrogen) atoms. The van der Waals surface area contributed by atoms with Crippen LogP contribution in [0.25, 0.3) is 0 Å². The Balaban J connectivity index is 1.57. The summed E-state index contributed by atoms with van der Waals surface area (Å²) < 4.78 is 16.0. The van der Waals surface area contributed by atoms with Gasteiger partial charge in [0.2, 0.25) is 0 Å². The maximum Gasteiger partial charge on any atom is 0.343 e. The Morgan fingerprint density at radius 3 is 1.91 bits per heavy atom. The molecule has 3 rings (SSSR count). The van der Waals surface area contributed by atoms with E-state index in [0.29, 0.717) is 22.6 Å². The van der Waals surface area contributed by atoms with Gasteiger partial charge in [-0.05, 0) is 91.2 Å². The molecule has 0 spiro atoms. The number of methoxy groups -OCH3 is 1. The molecule has 0 unspecified atom stereocenters. The first kappa shape index (κ1) is 23.7. The van der Waals surface area contributed by atoms with Crippen LogP contribution in [0, 0.1) is 0 Å². The van der Waals surface area contributed by atoms with Gasteiger partial charge in [0, 0.05) is 6.21 Å². The number of hydrogen-bond donors (Lipinski definition) is 0. The fourth-order valence-corrected chi connectivity index (χ4v) is 3.02. The summed E-state index contributed by atoms with van der Waals surface area (Å²) >= 11 is 0. The Kier molecular flexibility index (Phi) is 8.36. The summed E-state index contributed by atoms with van der Waals surface area (Å²) in [6, 6.07) is 20.7. The molecule has 0 saturated carbocycles. The summed E-state index contributed by atoms with van der Waals surface area (Å²) in [7, 11) is 1.62. The molecule has 170 valence electrons. The molecule has 0 aliphatic rings. The Hall–Kier alpha value is -3.93. The van der Waals surface area contributed by atoms with E-state index >= 15 is 0 Å². The summed E-state index contributed by atoms with van der Waals surface area (Å²) in [4.78, 5) is 29.0. The second-order valence-electron chi connectivity index (χ2n) is 7.34. The van der Waals surface area contributed by atoms with Crippen molar-refractivity contribution >= 4 is 23.8 Å². The molecule has 0 aliphatic heterocycles. The molecular weight excluding hydrogens is 418 g/mol. The van der Waals surface area contributed by atoms with Crippen LogP contribution in [0.15, 0.2) is 77.8 Å². The normalized spacial score (nSPS) is 10.9. The lowest BCUT2D eigenvalue weighted by Gasteiger charge is -2.14. The smallest absolute Gasteiger partial charge is 0.343 e. The highest BCUT2D eigenvalue weighted by atomic mass is 16.5. The monoisotopic (exact) mass is 445 g/mol. The predicted molar refractivity (Wildman–Crippen MR) is 128 cm³/mol. The first-order valence-electron chi connectivity index (χ1n) is 10.8. The number of ether oxygens (including phenoxy) is 3. The highest BCUT2D eigenvalue weighted by Crippen LogP contribution is 2.19. The van der Waals surface area contributed by atoms with Gasteiger partial charge in [0.1, 0.15) is 17.6 Å². The highest BCUT2D eigenvalue weighted by Gasteiger charge is 2.14. The number of benzene rings is 3. The van der Waals surface area contributed by atoms with Gasteiger partial charge in [0.15, 0.2) is 0 Å². The van der Waals surface area contributed by atoms with Gasteiger partial charge in [-0.1, -0.05) is 13.8 Å². The Labute approximate surface area is 193 Å². The number of carbonyl (C=O) groups excluding carboxylic acids is 2. The van der Waals surface area contributed by atoms with Crippen LogP contribution in [0.4, 0.5) is 5.69 Å². The van der Waals surface area contributed by atoms with E-state index in [1.54, 1.807) is 61.9 Å². The van der Waals surface area contributed by atoms with Crippen LogP contribution < -0.4 is 9.47 Å². The largest absolute Gasteiger partial charge is 0.497 e.